The van der Waals surface area contributed by atoms with Crippen molar-refractivity contribution in [2.75, 3.05) is 32.5 Å². The minimum atomic E-state index is -4.08. The molecule has 1 heterocycles. The summed E-state index contributed by atoms with van der Waals surface area (Å²) in [5.41, 5.74) is 1.53. The van der Waals surface area contributed by atoms with Gasteiger partial charge in [0, 0.05) is 38.4 Å². The molecule has 8 nitrogen and oxygen atoms in total. The van der Waals surface area contributed by atoms with Crippen LogP contribution < -0.4 is 5.32 Å². The smallest absolute Gasteiger partial charge is 0.255 e. The predicted octanol–water partition coefficient (Wildman–Crippen LogP) is 3.12. The largest absolute Gasteiger partial charge is 0.322 e. The maximum absolute atomic E-state index is 14.5. The van der Waals surface area contributed by atoms with Crippen molar-refractivity contribution in [3.63, 3.8) is 0 Å². The van der Waals surface area contributed by atoms with Crippen molar-refractivity contribution in [2.45, 2.75) is 42.9 Å². The number of piperidine rings is 1. The third-order valence-corrected chi connectivity index (χ3v) is 9.50. The summed E-state index contributed by atoms with van der Waals surface area (Å²) in [6.07, 6.45) is 2.32. The summed E-state index contributed by atoms with van der Waals surface area (Å²) in [6, 6.07) is 6.04. The molecule has 2 aromatic carbocycles. The van der Waals surface area contributed by atoms with Gasteiger partial charge in [-0.25, -0.2) is 25.5 Å². The van der Waals surface area contributed by atoms with E-state index in [-0.39, 0.29) is 16.1 Å². The van der Waals surface area contributed by atoms with Gasteiger partial charge in [0.1, 0.15) is 10.7 Å². The van der Waals surface area contributed by atoms with Gasteiger partial charge in [-0.3, -0.25) is 4.79 Å². The van der Waals surface area contributed by atoms with Gasteiger partial charge in [0.15, 0.2) is 0 Å². The average molecular weight is 498 g/mol. The van der Waals surface area contributed by atoms with Crippen molar-refractivity contribution in [1.82, 2.24) is 8.61 Å². The average Bonchev–Trinajstić information content (AvgIpc) is 2.77. The van der Waals surface area contributed by atoms with Crippen LogP contribution in [-0.2, 0) is 20.0 Å². The molecule has 1 fully saturated rings. The fourth-order valence-electron chi connectivity index (χ4n) is 3.60. The summed E-state index contributed by atoms with van der Waals surface area (Å²) >= 11 is 0. The van der Waals surface area contributed by atoms with Crippen LogP contribution in [0.15, 0.2) is 40.1 Å². The van der Waals surface area contributed by atoms with E-state index in [4.69, 9.17) is 0 Å². The molecule has 33 heavy (non-hydrogen) atoms. The van der Waals surface area contributed by atoms with Crippen LogP contribution in [0, 0.1) is 19.7 Å². The Balaban J connectivity index is 1.96. The van der Waals surface area contributed by atoms with Crippen LogP contribution >= 0.6 is 0 Å². The zero-order valence-electron chi connectivity index (χ0n) is 19.1. The topological polar surface area (TPSA) is 104 Å². The summed E-state index contributed by atoms with van der Waals surface area (Å²) in [7, 11) is -5.00. The lowest BCUT2D eigenvalue weighted by atomic mass is 10.1. The van der Waals surface area contributed by atoms with Gasteiger partial charge in [-0.05, 0) is 68.1 Å². The Morgan fingerprint density at radius 3 is 2.24 bits per heavy atom. The third kappa shape index (κ3) is 5.11. The molecule has 0 saturated carbocycles. The molecule has 2 aromatic rings. The van der Waals surface area contributed by atoms with Crippen LogP contribution in [0.3, 0.4) is 0 Å². The molecule has 11 heteroatoms. The van der Waals surface area contributed by atoms with Gasteiger partial charge in [-0.1, -0.05) is 6.42 Å². The Morgan fingerprint density at radius 1 is 1.00 bits per heavy atom. The second kappa shape index (κ2) is 9.49. The maximum Gasteiger partial charge on any atom is 0.255 e. The molecule has 1 amide bonds. The first-order valence-electron chi connectivity index (χ1n) is 10.5. The van der Waals surface area contributed by atoms with Crippen molar-refractivity contribution in [1.29, 1.82) is 0 Å². The second-order valence-corrected chi connectivity index (χ2v) is 12.3. The zero-order valence-corrected chi connectivity index (χ0v) is 20.7. The monoisotopic (exact) mass is 497 g/mol. The van der Waals surface area contributed by atoms with Crippen molar-refractivity contribution < 1.29 is 26.0 Å². The first-order valence-corrected chi connectivity index (χ1v) is 13.4. The highest BCUT2D eigenvalue weighted by molar-refractivity contribution is 7.89. The second-order valence-electron chi connectivity index (χ2n) is 8.26. The van der Waals surface area contributed by atoms with Crippen LogP contribution in [-0.4, -0.2) is 58.5 Å². The Labute approximate surface area is 194 Å². The molecule has 3 rings (SSSR count). The lowest BCUT2D eigenvalue weighted by Crippen LogP contribution is -2.36. The molecule has 0 unspecified atom stereocenters. The van der Waals surface area contributed by atoms with Gasteiger partial charge in [0.2, 0.25) is 20.0 Å². The lowest BCUT2D eigenvalue weighted by molar-refractivity contribution is 0.102. The number of carbonyl (C=O) groups is 1. The van der Waals surface area contributed by atoms with Crippen LogP contribution in [0.5, 0.6) is 0 Å². The van der Waals surface area contributed by atoms with E-state index < -0.39 is 36.7 Å². The maximum atomic E-state index is 14.5. The van der Waals surface area contributed by atoms with E-state index >= 15 is 0 Å². The Morgan fingerprint density at radius 2 is 1.64 bits per heavy atom. The fourth-order valence-corrected chi connectivity index (χ4v) is 6.22. The third-order valence-electron chi connectivity index (χ3n) is 5.79. The molecule has 0 spiro atoms. The Hall–Kier alpha value is -2.34. The molecule has 1 aliphatic rings. The molecule has 0 atom stereocenters. The summed E-state index contributed by atoms with van der Waals surface area (Å²) in [6.45, 7) is 4.07. The number of carbonyl (C=O) groups excluding carboxylic acids is 1. The molecule has 0 aliphatic carbocycles. The first-order chi connectivity index (χ1) is 15.4. The van der Waals surface area contributed by atoms with E-state index in [1.807, 2.05) is 0 Å². The molecule has 0 radical (unpaired) electrons. The summed E-state index contributed by atoms with van der Waals surface area (Å²) in [4.78, 5) is 12.4. The molecule has 1 saturated heterocycles. The molecule has 1 N–H and O–H groups in total. The molecule has 1 aliphatic heterocycles. The standard InChI is InChI=1S/C22H28FN3O5S2/c1-15-12-18(32(28,29)25(3)4)14-20(16(15)2)24-22(27)17-8-9-19(23)21(13-17)33(30,31)26-10-6-5-7-11-26/h8-9,12-14H,5-7,10-11H2,1-4H3,(H,24,27). The number of nitrogens with one attached hydrogen (secondary N) is 1. The van der Waals surface area contributed by atoms with Crippen molar-refractivity contribution in [3.05, 3.63) is 52.8 Å². The first kappa shape index (κ1) is 25.3. The van der Waals surface area contributed by atoms with E-state index in [0.29, 0.717) is 37.1 Å². The van der Waals surface area contributed by atoms with E-state index in [1.54, 1.807) is 13.8 Å². The van der Waals surface area contributed by atoms with Gasteiger partial charge in [0.05, 0.1) is 4.90 Å². The van der Waals surface area contributed by atoms with Gasteiger partial charge in [-0.15, -0.1) is 0 Å². The van der Waals surface area contributed by atoms with Gasteiger partial charge < -0.3 is 5.32 Å². The predicted molar refractivity (Wildman–Crippen MR) is 124 cm³/mol. The molecule has 180 valence electrons. The van der Waals surface area contributed by atoms with Gasteiger partial charge >= 0.3 is 0 Å². The summed E-state index contributed by atoms with van der Waals surface area (Å²) < 4.78 is 67.8. The number of aryl methyl sites for hydroxylation is 1. The van der Waals surface area contributed by atoms with Crippen LogP contribution in [0.2, 0.25) is 0 Å². The summed E-state index contributed by atoms with van der Waals surface area (Å²) in [5.74, 6) is -1.60. The minimum absolute atomic E-state index is 0.0124. The molecule has 0 bridgehead atoms. The fraction of sp³-hybridized carbons (Fsp3) is 0.409. The van der Waals surface area contributed by atoms with Crippen LogP contribution in [0.1, 0.15) is 40.7 Å². The minimum Gasteiger partial charge on any atom is -0.322 e. The number of nitrogens with zero attached hydrogens (tertiary/aromatic N) is 2. The highest BCUT2D eigenvalue weighted by Gasteiger charge is 2.29. The number of anilines is 1. The van der Waals surface area contributed by atoms with Crippen molar-refractivity contribution in [3.8, 4) is 0 Å². The Bertz CT molecular complexity index is 1290. The summed E-state index contributed by atoms with van der Waals surface area (Å²) in [5, 5.41) is 2.64. The molecule has 0 aromatic heterocycles. The number of sulfonamides is 2. The van der Waals surface area contributed by atoms with Crippen LogP contribution in [0.4, 0.5) is 10.1 Å². The number of amides is 1. The number of benzene rings is 2. The number of hydrogen-bond acceptors (Lipinski definition) is 5. The van der Waals surface area contributed by atoms with Crippen molar-refractivity contribution in [2.24, 2.45) is 0 Å². The SMILES string of the molecule is Cc1cc(S(=O)(=O)N(C)C)cc(NC(=O)c2ccc(F)c(S(=O)(=O)N3CCCCC3)c2)c1C. The van der Waals surface area contributed by atoms with Crippen molar-refractivity contribution >= 4 is 31.6 Å². The van der Waals surface area contributed by atoms with Gasteiger partial charge in [0.25, 0.3) is 5.91 Å². The quantitative estimate of drug-likeness (QED) is 0.660. The lowest BCUT2D eigenvalue weighted by Gasteiger charge is -2.26. The van der Waals surface area contributed by atoms with E-state index in [2.05, 4.69) is 5.32 Å². The zero-order chi connectivity index (χ0) is 24.6. The molecular formula is C22H28FN3O5S2. The number of hydrogen-bond donors (Lipinski definition) is 1. The normalized spacial score (nSPS) is 15.6. The van der Waals surface area contributed by atoms with Crippen LogP contribution in [0.25, 0.3) is 0 Å². The van der Waals surface area contributed by atoms with E-state index in [9.17, 15) is 26.0 Å². The van der Waals surface area contributed by atoms with Gasteiger partial charge in [-0.2, -0.15) is 4.31 Å². The van der Waals surface area contributed by atoms with E-state index in [0.717, 1.165) is 22.9 Å². The molecular weight excluding hydrogens is 469 g/mol. The Kier molecular flexibility index (Phi) is 7.27. The number of halogens is 1. The number of rotatable bonds is 6. The highest BCUT2D eigenvalue weighted by atomic mass is 32.2. The highest BCUT2D eigenvalue weighted by Crippen LogP contribution is 2.27. The van der Waals surface area contributed by atoms with E-state index in [1.165, 1.54) is 36.6 Å².